The smallest absolute Gasteiger partial charge is 0.486 e. The lowest BCUT2D eigenvalue weighted by atomic mass is 10.1. The first-order valence-corrected chi connectivity index (χ1v) is 9.17. The number of rotatable bonds is 3. The second-order valence-corrected chi connectivity index (χ2v) is 7.09. The van der Waals surface area contributed by atoms with Crippen molar-refractivity contribution < 1.29 is 31.8 Å². The number of carbonyl (C=O) groups excluding carboxylic acids is 1. The number of ketones is 1. The van der Waals surface area contributed by atoms with Gasteiger partial charge in [0.05, 0.1) is 6.26 Å². The Morgan fingerprint density at radius 1 is 1.13 bits per heavy atom. The van der Waals surface area contributed by atoms with Crippen LogP contribution in [0, 0.1) is 10.4 Å². The van der Waals surface area contributed by atoms with Crippen LogP contribution in [0.2, 0.25) is 0 Å². The van der Waals surface area contributed by atoms with Crippen LogP contribution >= 0.6 is 0 Å². The first-order chi connectivity index (χ1) is 14.2. The highest BCUT2D eigenvalue weighted by molar-refractivity contribution is 6.05. The standard InChI is InChI=1S/C19H17F3N4O4/c20-19(21,22)18-16(17(27)15-2-1-9-30-15)25(28)14-10-12(3-4-13(14)26(18)29)24-7-5-11(23)6-8-24/h1-4,9-11H,5-8,23H2. The van der Waals surface area contributed by atoms with Gasteiger partial charge in [-0.05, 0) is 31.0 Å². The van der Waals surface area contributed by atoms with Crippen molar-refractivity contribution in [3.05, 3.63) is 64.2 Å². The third-order valence-corrected chi connectivity index (χ3v) is 5.16. The molecule has 2 N–H and O–H groups in total. The molecule has 2 aromatic heterocycles. The predicted octanol–water partition coefficient (Wildman–Crippen LogP) is 1.88. The molecule has 0 spiro atoms. The quantitative estimate of drug-likeness (QED) is 0.392. The van der Waals surface area contributed by atoms with E-state index in [9.17, 15) is 28.4 Å². The fourth-order valence-electron chi connectivity index (χ4n) is 3.61. The normalized spacial score (nSPS) is 15.7. The predicted molar refractivity (Wildman–Crippen MR) is 98.4 cm³/mol. The summed E-state index contributed by atoms with van der Waals surface area (Å²) in [6, 6.07) is 6.41. The van der Waals surface area contributed by atoms with Gasteiger partial charge < -0.3 is 25.5 Å². The van der Waals surface area contributed by atoms with Crippen LogP contribution in [-0.4, -0.2) is 24.9 Å². The summed E-state index contributed by atoms with van der Waals surface area (Å²) in [4.78, 5) is 14.5. The van der Waals surface area contributed by atoms with Crippen LogP contribution in [0.25, 0.3) is 11.0 Å². The summed E-state index contributed by atoms with van der Waals surface area (Å²) in [5.74, 6) is -1.81. The molecule has 1 fully saturated rings. The number of anilines is 1. The van der Waals surface area contributed by atoms with Crippen molar-refractivity contribution in [2.45, 2.75) is 25.1 Å². The average Bonchev–Trinajstić information content (AvgIpc) is 3.24. The van der Waals surface area contributed by atoms with Gasteiger partial charge in [0.25, 0.3) is 16.8 Å². The molecule has 8 nitrogen and oxygen atoms in total. The van der Waals surface area contributed by atoms with E-state index < -0.39 is 39.4 Å². The lowest BCUT2D eigenvalue weighted by Gasteiger charge is -2.31. The van der Waals surface area contributed by atoms with E-state index in [0.717, 1.165) is 18.4 Å². The summed E-state index contributed by atoms with van der Waals surface area (Å²) in [5.41, 5.74) is 2.38. The Morgan fingerprint density at radius 2 is 1.83 bits per heavy atom. The van der Waals surface area contributed by atoms with Crippen LogP contribution in [0.15, 0.2) is 41.0 Å². The van der Waals surface area contributed by atoms with E-state index in [1.165, 1.54) is 18.2 Å². The summed E-state index contributed by atoms with van der Waals surface area (Å²) in [5, 5.41) is 25.5. The lowest BCUT2D eigenvalue weighted by molar-refractivity contribution is -0.647. The van der Waals surface area contributed by atoms with Gasteiger partial charge in [-0.3, -0.25) is 4.79 Å². The van der Waals surface area contributed by atoms with Crippen molar-refractivity contribution in [1.29, 1.82) is 0 Å². The third-order valence-electron chi connectivity index (χ3n) is 5.16. The molecule has 3 aromatic rings. The molecule has 0 bridgehead atoms. The van der Waals surface area contributed by atoms with Crippen molar-refractivity contribution >= 4 is 22.5 Å². The molecule has 0 aliphatic carbocycles. The molecule has 11 heteroatoms. The number of halogens is 3. The molecular weight excluding hydrogens is 405 g/mol. The van der Waals surface area contributed by atoms with Gasteiger partial charge in [0.1, 0.15) is 0 Å². The SMILES string of the molecule is NC1CCN(c2ccc3c(c2)[n+]([O-])c(C(=O)c2ccco2)c(C(F)(F)F)[n+]3[O-])CC1. The van der Waals surface area contributed by atoms with E-state index in [-0.39, 0.29) is 16.3 Å². The fourth-order valence-corrected chi connectivity index (χ4v) is 3.61. The number of nitrogens with two attached hydrogens (primary N) is 1. The van der Waals surface area contributed by atoms with Crippen LogP contribution in [-0.2, 0) is 6.18 Å². The second-order valence-electron chi connectivity index (χ2n) is 7.09. The molecule has 0 atom stereocenters. The maximum absolute atomic E-state index is 13.6. The Kier molecular flexibility index (Phi) is 4.77. The second kappa shape index (κ2) is 7.17. The zero-order chi connectivity index (χ0) is 21.6. The highest BCUT2D eigenvalue weighted by atomic mass is 19.4. The van der Waals surface area contributed by atoms with E-state index in [1.54, 1.807) is 0 Å². The molecule has 30 heavy (non-hydrogen) atoms. The number of nitrogens with zero attached hydrogens (tertiary/aromatic N) is 3. The van der Waals surface area contributed by atoms with E-state index in [1.807, 2.05) is 4.90 Å². The maximum Gasteiger partial charge on any atom is 0.486 e. The first-order valence-electron chi connectivity index (χ1n) is 9.17. The third kappa shape index (κ3) is 3.30. The molecule has 1 aliphatic rings. The van der Waals surface area contributed by atoms with E-state index >= 15 is 0 Å². The summed E-state index contributed by atoms with van der Waals surface area (Å²) >= 11 is 0. The number of hydrogen-bond donors (Lipinski definition) is 1. The number of alkyl halides is 3. The number of benzene rings is 1. The van der Waals surface area contributed by atoms with Crippen LogP contribution in [0.3, 0.4) is 0 Å². The molecule has 0 radical (unpaired) electrons. The van der Waals surface area contributed by atoms with Gasteiger partial charge in [-0.1, -0.05) is 0 Å². The van der Waals surface area contributed by atoms with Gasteiger partial charge in [0.2, 0.25) is 0 Å². The van der Waals surface area contributed by atoms with Crippen molar-refractivity contribution in [3.63, 3.8) is 0 Å². The van der Waals surface area contributed by atoms with Crippen LogP contribution < -0.4 is 20.1 Å². The number of hydrogen-bond acceptors (Lipinski definition) is 6. The number of aromatic nitrogens is 2. The van der Waals surface area contributed by atoms with E-state index in [4.69, 9.17) is 10.2 Å². The van der Waals surface area contributed by atoms with Crippen LogP contribution in [0.1, 0.15) is 34.8 Å². The average molecular weight is 422 g/mol. The minimum atomic E-state index is -5.23. The Hall–Kier alpha value is -3.34. The van der Waals surface area contributed by atoms with Gasteiger partial charge >= 0.3 is 17.6 Å². The van der Waals surface area contributed by atoms with E-state index in [0.29, 0.717) is 31.6 Å². The van der Waals surface area contributed by atoms with Crippen LogP contribution in [0.5, 0.6) is 0 Å². The lowest BCUT2D eigenvalue weighted by Crippen LogP contribution is -2.50. The molecule has 0 unspecified atom stereocenters. The fraction of sp³-hybridized carbons (Fsp3) is 0.316. The summed E-state index contributed by atoms with van der Waals surface area (Å²) in [7, 11) is 0. The van der Waals surface area contributed by atoms with Crippen molar-refractivity contribution in [2.75, 3.05) is 18.0 Å². The van der Waals surface area contributed by atoms with Crippen molar-refractivity contribution in [3.8, 4) is 0 Å². The van der Waals surface area contributed by atoms with Gasteiger partial charge in [0, 0.05) is 37.0 Å². The number of piperidine rings is 1. The first kappa shape index (κ1) is 20.0. The molecule has 1 aliphatic heterocycles. The Labute approximate surface area is 168 Å². The molecule has 3 heterocycles. The summed E-state index contributed by atoms with van der Waals surface area (Å²) < 4.78 is 45.2. The zero-order valence-electron chi connectivity index (χ0n) is 15.6. The largest absolute Gasteiger partial charge is 0.618 e. The van der Waals surface area contributed by atoms with Gasteiger partial charge in [-0.15, -0.1) is 9.46 Å². The molecule has 4 rings (SSSR count). The minimum absolute atomic E-state index is 0.0572. The summed E-state index contributed by atoms with van der Waals surface area (Å²) in [6.07, 6.45) is -2.72. The molecule has 1 aromatic carbocycles. The Balaban J connectivity index is 1.93. The maximum atomic E-state index is 13.6. The monoisotopic (exact) mass is 422 g/mol. The Bertz CT molecular complexity index is 1110. The molecular formula is C19H17F3N4O4. The van der Waals surface area contributed by atoms with Crippen LogP contribution in [0.4, 0.5) is 18.9 Å². The molecule has 158 valence electrons. The molecule has 0 saturated carbocycles. The van der Waals surface area contributed by atoms with Crippen molar-refractivity contribution in [1.82, 2.24) is 0 Å². The topological polar surface area (TPSA) is 113 Å². The molecule has 0 amide bonds. The van der Waals surface area contributed by atoms with E-state index in [2.05, 4.69) is 0 Å². The zero-order valence-corrected chi connectivity index (χ0v) is 15.6. The number of carbonyl (C=O) groups is 1. The highest BCUT2D eigenvalue weighted by Crippen LogP contribution is 2.31. The van der Waals surface area contributed by atoms with Gasteiger partial charge in [-0.2, -0.15) is 13.2 Å². The minimum Gasteiger partial charge on any atom is -0.618 e. The number of furan rings is 1. The van der Waals surface area contributed by atoms with Gasteiger partial charge in [-0.25, -0.2) is 0 Å². The Morgan fingerprint density at radius 3 is 2.43 bits per heavy atom. The highest BCUT2D eigenvalue weighted by Gasteiger charge is 2.51. The summed E-state index contributed by atoms with van der Waals surface area (Å²) in [6.45, 7) is 1.20. The molecule has 1 saturated heterocycles. The van der Waals surface area contributed by atoms with Crippen molar-refractivity contribution in [2.24, 2.45) is 5.73 Å². The number of fused-ring (bicyclic) bond motifs is 1. The van der Waals surface area contributed by atoms with Gasteiger partial charge in [0.15, 0.2) is 5.76 Å².